The number of aromatic nitrogens is 2. The number of hydrogen-bond acceptors (Lipinski definition) is 5. The molecule has 0 amide bonds. The zero-order valence-electron chi connectivity index (χ0n) is 8.12. The van der Waals surface area contributed by atoms with Crippen LogP contribution in [0.3, 0.4) is 0 Å². The van der Waals surface area contributed by atoms with Crippen LogP contribution in [0.15, 0.2) is 0 Å². The summed E-state index contributed by atoms with van der Waals surface area (Å²) in [6, 6.07) is 0. The van der Waals surface area contributed by atoms with E-state index in [1.54, 1.807) is 0 Å². The Kier molecular flexibility index (Phi) is 2.83. The number of nitrogens with zero attached hydrogens (tertiary/aromatic N) is 2. The van der Waals surface area contributed by atoms with Gasteiger partial charge in [-0.05, 0) is 11.6 Å². The Hall–Kier alpha value is -1.20. The first-order valence-electron chi connectivity index (χ1n) is 4.43. The van der Waals surface area contributed by atoms with Crippen molar-refractivity contribution in [2.45, 2.75) is 13.0 Å². The van der Waals surface area contributed by atoms with E-state index in [1.807, 2.05) is 0 Å². The molecule has 0 radical (unpaired) electrons. The van der Waals surface area contributed by atoms with Gasteiger partial charge >= 0.3 is 5.97 Å². The van der Waals surface area contributed by atoms with Gasteiger partial charge in [-0.1, -0.05) is 0 Å². The molecule has 0 N–H and O–H groups in total. The Balaban J connectivity index is 2.52. The number of methoxy groups -OCH3 is 1. The van der Waals surface area contributed by atoms with Crippen molar-refractivity contribution in [1.82, 2.24) is 9.97 Å². The number of hydrogen-bond donors (Lipinski definition) is 0. The third-order valence-corrected chi connectivity index (χ3v) is 2.35. The summed E-state index contributed by atoms with van der Waals surface area (Å²) in [5.41, 5.74) is 1.69. The van der Waals surface area contributed by atoms with Gasteiger partial charge in [0.25, 0.3) is 0 Å². The number of fused-ring (bicyclic) bond motifs is 1. The summed E-state index contributed by atoms with van der Waals surface area (Å²) in [6.45, 7) is 0.920. The van der Waals surface area contributed by atoms with E-state index in [2.05, 4.69) is 14.7 Å². The van der Waals surface area contributed by atoms with Crippen LogP contribution in [0, 0.1) is 0 Å². The smallest absolute Gasteiger partial charge is 0.357 e. The SMILES string of the molecule is COC(=O)c1nc(Cl)nc2c1CCOC2. The van der Waals surface area contributed by atoms with Gasteiger partial charge in [0.05, 0.1) is 26.0 Å². The highest BCUT2D eigenvalue weighted by molar-refractivity contribution is 6.28. The minimum atomic E-state index is -0.488. The summed E-state index contributed by atoms with van der Waals surface area (Å²) < 4.78 is 9.85. The van der Waals surface area contributed by atoms with Crippen LogP contribution in [0.4, 0.5) is 0 Å². The zero-order valence-corrected chi connectivity index (χ0v) is 8.87. The number of carbonyl (C=O) groups excluding carboxylic acids is 1. The molecule has 0 spiro atoms. The molecular formula is C9H9ClN2O3. The number of carbonyl (C=O) groups is 1. The van der Waals surface area contributed by atoms with E-state index in [9.17, 15) is 4.79 Å². The quantitative estimate of drug-likeness (QED) is 0.530. The molecule has 0 saturated carbocycles. The van der Waals surface area contributed by atoms with Gasteiger partial charge < -0.3 is 9.47 Å². The average Bonchev–Trinajstić information content (AvgIpc) is 2.26. The zero-order chi connectivity index (χ0) is 10.8. The molecule has 2 rings (SSSR count). The summed E-state index contributed by atoms with van der Waals surface area (Å²) in [4.78, 5) is 19.3. The second-order valence-corrected chi connectivity index (χ2v) is 3.40. The van der Waals surface area contributed by atoms with Crippen molar-refractivity contribution in [3.63, 3.8) is 0 Å². The first-order valence-corrected chi connectivity index (χ1v) is 4.81. The summed E-state index contributed by atoms with van der Waals surface area (Å²) in [5.74, 6) is -0.488. The average molecular weight is 229 g/mol. The van der Waals surface area contributed by atoms with Crippen molar-refractivity contribution >= 4 is 17.6 Å². The van der Waals surface area contributed by atoms with Crippen molar-refractivity contribution in [3.05, 3.63) is 22.2 Å². The predicted molar refractivity (Wildman–Crippen MR) is 51.7 cm³/mol. The molecule has 2 heterocycles. The lowest BCUT2D eigenvalue weighted by Crippen LogP contribution is -2.19. The molecule has 1 aliphatic rings. The van der Waals surface area contributed by atoms with Crippen LogP contribution in [0.1, 0.15) is 21.7 Å². The molecule has 0 saturated heterocycles. The molecule has 0 aromatic carbocycles. The molecule has 0 unspecified atom stereocenters. The standard InChI is InChI=1S/C9H9ClN2O3/c1-14-8(13)7-5-2-3-15-4-6(5)11-9(10)12-7/h2-4H2,1H3. The molecule has 1 aliphatic heterocycles. The first-order chi connectivity index (χ1) is 7.22. The van der Waals surface area contributed by atoms with Crippen molar-refractivity contribution in [2.24, 2.45) is 0 Å². The lowest BCUT2D eigenvalue weighted by atomic mass is 10.1. The predicted octanol–water partition coefficient (Wildman–Crippen LogP) is 0.989. The molecular weight excluding hydrogens is 220 g/mol. The highest BCUT2D eigenvalue weighted by Crippen LogP contribution is 2.20. The highest BCUT2D eigenvalue weighted by Gasteiger charge is 2.22. The lowest BCUT2D eigenvalue weighted by Gasteiger charge is -2.17. The van der Waals surface area contributed by atoms with Crippen molar-refractivity contribution in [2.75, 3.05) is 13.7 Å². The molecule has 0 aliphatic carbocycles. The monoisotopic (exact) mass is 228 g/mol. The van der Waals surface area contributed by atoms with E-state index >= 15 is 0 Å². The number of rotatable bonds is 1. The third kappa shape index (κ3) is 1.93. The largest absolute Gasteiger partial charge is 0.464 e. The molecule has 6 heteroatoms. The van der Waals surface area contributed by atoms with E-state index < -0.39 is 5.97 Å². The van der Waals surface area contributed by atoms with Gasteiger partial charge in [0, 0.05) is 12.0 Å². The van der Waals surface area contributed by atoms with Gasteiger partial charge in [-0.25, -0.2) is 14.8 Å². The summed E-state index contributed by atoms with van der Waals surface area (Å²) >= 11 is 5.70. The third-order valence-electron chi connectivity index (χ3n) is 2.18. The first kappa shape index (κ1) is 10.3. The van der Waals surface area contributed by atoms with Gasteiger partial charge in [0.2, 0.25) is 5.28 Å². The molecule has 0 bridgehead atoms. The lowest BCUT2D eigenvalue weighted by molar-refractivity contribution is 0.0586. The van der Waals surface area contributed by atoms with Gasteiger partial charge in [0.1, 0.15) is 0 Å². The van der Waals surface area contributed by atoms with Crippen LogP contribution >= 0.6 is 11.6 Å². The van der Waals surface area contributed by atoms with Crippen molar-refractivity contribution in [3.8, 4) is 0 Å². The van der Waals surface area contributed by atoms with Crippen LogP contribution in [0.5, 0.6) is 0 Å². The Morgan fingerprint density at radius 2 is 2.33 bits per heavy atom. The van der Waals surface area contributed by atoms with Crippen molar-refractivity contribution < 1.29 is 14.3 Å². The van der Waals surface area contributed by atoms with E-state index in [0.29, 0.717) is 25.3 Å². The maximum absolute atomic E-state index is 11.4. The van der Waals surface area contributed by atoms with Gasteiger partial charge in [0.15, 0.2) is 5.69 Å². The molecule has 1 aromatic heterocycles. The van der Waals surface area contributed by atoms with Crippen molar-refractivity contribution in [1.29, 1.82) is 0 Å². The Bertz CT molecular complexity index is 409. The van der Waals surface area contributed by atoms with Gasteiger partial charge in [-0.3, -0.25) is 0 Å². The molecule has 0 atom stereocenters. The summed E-state index contributed by atoms with van der Waals surface area (Å²) in [6.07, 6.45) is 0.608. The second kappa shape index (κ2) is 4.12. The fourth-order valence-corrected chi connectivity index (χ4v) is 1.68. The highest BCUT2D eigenvalue weighted by atomic mass is 35.5. The van der Waals surface area contributed by atoms with Crippen LogP contribution < -0.4 is 0 Å². The van der Waals surface area contributed by atoms with Crippen LogP contribution in [0.2, 0.25) is 5.28 Å². The molecule has 80 valence electrons. The minimum Gasteiger partial charge on any atom is -0.464 e. The molecule has 0 fully saturated rings. The topological polar surface area (TPSA) is 61.3 Å². The van der Waals surface area contributed by atoms with Crippen LogP contribution in [0.25, 0.3) is 0 Å². The summed E-state index contributed by atoms with van der Waals surface area (Å²) in [5, 5.41) is 0.0413. The van der Waals surface area contributed by atoms with Crippen LogP contribution in [-0.2, 0) is 22.5 Å². The minimum absolute atomic E-state index is 0.0413. The normalized spacial score (nSPS) is 14.5. The Morgan fingerprint density at radius 3 is 3.07 bits per heavy atom. The maximum atomic E-state index is 11.4. The van der Waals surface area contributed by atoms with Gasteiger partial charge in [-0.2, -0.15) is 0 Å². The van der Waals surface area contributed by atoms with E-state index in [-0.39, 0.29) is 11.0 Å². The number of esters is 1. The molecule has 15 heavy (non-hydrogen) atoms. The number of halogens is 1. The number of ether oxygens (including phenoxy) is 2. The van der Waals surface area contributed by atoms with E-state index in [1.165, 1.54) is 7.11 Å². The van der Waals surface area contributed by atoms with E-state index in [4.69, 9.17) is 16.3 Å². The Morgan fingerprint density at radius 1 is 1.53 bits per heavy atom. The van der Waals surface area contributed by atoms with E-state index in [0.717, 1.165) is 5.56 Å². The van der Waals surface area contributed by atoms with Crippen LogP contribution in [-0.4, -0.2) is 29.7 Å². The Labute approximate surface area is 91.4 Å². The maximum Gasteiger partial charge on any atom is 0.357 e. The second-order valence-electron chi connectivity index (χ2n) is 3.06. The molecule has 5 nitrogen and oxygen atoms in total. The van der Waals surface area contributed by atoms with Gasteiger partial charge in [-0.15, -0.1) is 0 Å². The fourth-order valence-electron chi connectivity index (χ4n) is 1.49. The fraction of sp³-hybridized carbons (Fsp3) is 0.444. The summed E-state index contributed by atoms with van der Waals surface area (Å²) in [7, 11) is 1.31. The molecule has 1 aromatic rings.